The largest absolute Gasteiger partial charge is 0.486 e. The fraction of sp³-hybridized carbons (Fsp3) is 0.152. The Morgan fingerprint density at radius 1 is 0.732 bits per heavy atom. The van der Waals surface area contributed by atoms with Gasteiger partial charge in [0.25, 0.3) is 12.0 Å². The third-order valence-electron chi connectivity index (χ3n) is 8.46. The van der Waals surface area contributed by atoms with Gasteiger partial charge in [-0.2, -0.15) is 23.2 Å². The molecule has 0 spiro atoms. The van der Waals surface area contributed by atoms with Crippen LogP contribution in [0.2, 0.25) is 5.82 Å². The molecular weight excluding hydrogens is 546 g/mol. The molecule has 0 aromatic heterocycles. The highest BCUT2D eigenvalue weighted by Gasteiger charge is 2.50. The van der Waals surface area contributed by atoms with Crippen molar-refractivity contribution in [3.8, 4) is 34.5 Å². The highest BCUT2D eigenvalue weighted by atomic mass is 32.2. The van der Waals surface area contributed by atoms with E-state index in [1.807, 2.05) is 47.5 Å². The van der Waals surface area contributed by atoms with Crippen molar-refractivity contribution in [1.29, 1.82) is 0 Å². The van der Waals surface area contributed by atoms with Gasteiger partial charge in [0.2, 0.25) is 0 Å². The maximum Gasteiger partial charge on any atom is 0.293 e. The number of hydrogen-bond donors (Lipinski definition) is 0. The zero-order valence-corrected chi connectivity index (χ0v) is 24.1. The molecule has 4 aromatic rings. The molecule has 8 heteroatoms. The molecule has 4 aromatic carbocycles. The molecule has 5 aliphatic rings. The van der Waals surface area contributed by atoms with E-state index in [1.54, 1.807) is 0 Å². The molecule has 2 atom stereocenters. The number of ether oxygens (including phenoxy) is 4. The van der Waals surface area contributed by atoms with Gasteiger partial charge in [-0.05, 0) is 65.4 Å². The van der Waals surface area contributed by atoms with Gasteiger partial charge in [0.05, 0.1) is 5.82 Å². The summed E-state index contributed by atoms with van der Waals surface area (Å²) in [6, 6.07) is 25.2. The molecule has 1 aliphatic carbocycles. The molecule has 4 aliphatic heterocycles. The molecule has 0 saturated heterocycles. The molecule has 0 bridgehead atoms. The molecule has 0 fully saturated rings. The van der Waals surface area contributed by atoms with Gasteiger partial charge >= 0.3 is 0 Å². The lowest BCUT2D eigenvalue weighted by Gasteiger charge is -2.40. The number of rotatable bonds is 1. The molecule has 0 amide bonds. The highest BCUT2D eigenvalue weighted by Crippen LogP contribution is 2.52. The monoisotopic (exact) mass is 570 g/mol. The summed E-state index contributed by atoms with van der Waals surface area (Å²) in [5.74, 6) is 6.75. The van der Waals surface area contributed by atoms with Crippen molar-refractivity contribution in [3.05, 3.63) is 102 Å². The van der Waals surface area contributed by atoms with Gasteiger partial charge in [0.15, 0.2) is 0 Å². The summed E-state index contributed by atoms with van der Waals surface area (Å²) < 4.78 is 26.8. The lowest BCUT2D eigenvalue weighted by atomic mass is 9.49. The van der Waals surface area contributed by atoms with Gasteiger partial charge in [0.1, 0.15) is 46.4 Å². The molecule has 4 heterocycles. The first-order valence-electron chi connectivity index (χ1n) is 14.1. The average molecular weight is 570 g/mol. The fourth-order valence-corrected chi connectivity index (χ4v) is 9.35. The Morgan fingerprint density at radius 2 is 1.44 bits per heavy atom. The highest BCUT2D eigenvalue weighted by molar-refractivity contribution is 8.28. The number of hydrogen-bond acceptors (Lipinski definition) is 6. The first-order chi connectivity index (χ1) is 20.1. The van der Waals surface area contributed by atoms with Crippen molar-refractivity contribution >= 4 is 51.6 Å². The molecule has 2 unspecified atom stereocenters. The van der Waals surface area contributed by atoms with Crippen molar-refractivity contribution < 1.29 is 18.9 Å². The normalized spacial score (nSPS) is 20.2. The maximum absolute atomic E-state index is 6.93. The predicted molar refractivity (Wildman–Crippen MR) is 168 cm³/mol. The topological polar surface area (TPSA) is 36.9 Å². The Balaban J connectivity index is 1.30. The van der Waals surface area contributed by atoms with E-state index in [4.69, 9.17) is 18.9 Å². The van der Waals surface area contributed by atoms with Crippen LogP contribution in [0.1, 0.15) is 25.3 Å². The minimum absolute atomic E-state index is 0.0229. The van der Waals surface area contributed by atoms with Gasteiger partial charge in [-0.15, -0.1) is 0 Å². The van der Waals surface area contributed by atoms with Gasteiger partial charge in [0, 0.05) is 20.8 Å². The Morgan fingerprint density at radius 3 is 2.24 bits per heavy atom. The number of para-hydroxylation sites is 2. The Hall–Kier alpha value is -3.61. The van der Waals surface area contributed by atoms with E-state index in [1.165, 1.54) is 10.9 Å². The van der Waals surface area contributed by atoms with E-state index < -0.39 is 0 Å². The van der Waals surface area contributed by atoms with Crippen LogP contribution in [-0.4, -0.2) is 18.1 Å². The van der Waals surface area contributed by atoms with Crippen LogP contribution in [0.25, 0.3) is 0 Å². The lowest BCUT2D eigenvalue weighted by Crippen LogP contribution is -2.52. The molecular formula is C33H24B2O4S2. The smallest absolute Gasteiger partial charge is 0.293 e. The zero-order valence-electron chi connectivity index (χ0n) is 22.5. The van der Waals surface area contributed by atoms with Gasteiger partial charge in [-0.3, -0.25) is 0 Å². The zero-order chi connectivity index (χ0) is 27.2. The summed E-state index contributed by atoms with van der Waals surface area (Å²) in [6.07, 6.45) is 6.23. The van der Waals surface area contributed by atoms with E-state index in [0.29, 0.717) is 0 Å². The average Bonchev–Trinajstić information content (AvgIpc) is 3.26. The van der Waals surface area contributed by atoms with E-state index in [2.05, 4.69) is 80.6 Å². The summed E-state index contributed by atoms with van der Waals surface area (Å²) in [4.78, 5) is 2.28. The van der Waals surface area contributed by atoms with Crippen LogP contribution in [-0.2, 0) is 0 Å². The van der Waals surface area contributed by atoms with Crippen LogP contribution in [0.3, 0.4) is 0 Å². The molecule has 41 heavy (non-hydrogen) atoms. The Kier molecular flexibility index (Phi) is 5.24. The minimum atomic E-state index is -0.111. The van der Waals surface area contributed by atoms with Crippen molar-refractivity contribution in [2.24, 2.45) is 0 Å². The lowest BCUT2D eigenvalue weighted by molar-refractivity contribution is 0.219. The van der Waals surface area contributed by atoms with E-state index in [-0.39, 0.29) is 29.8 Å². The van der Waals surface area contributed by atoms with Crippen molar-refractivity contribution in [3.63, 3.8) is 0 Å². The summed E-state index contributed by atoms with van der Waals surface area (Å²) in [5.41, 5.74) is 4.61. The summed E-state index contributed by atoms with van der Waals surface area (Å²) in [6.45, 7) is 4.47. The maximum atomic E-state index is 6.93. The molecule has 0 radical (unpaired) electrons. The van der Waals surface area contributed by atoms with Gasteiger partial charge in [-0.25, -0.2) is 0 Å². The quantitative estimate of drug-likeness (QED) is 0.232. The minimum Gasteiger partial charge on any atom is -0.486 e. The van der Waals surface area contributed by atoms with E-state index in [0.717, 1.165) is 61.1 Å². The third-order valence-corrected chi connectivity index (χ3v) is 11.2. The van der Waals surface area contributed by atoms with Crippen molar-refractivity contribution in [2.45, 2.75) is 41.5 Å². The second-order valence-electron chi connectivity index (χ2n) is 11.2. The fourth-order valence-electron chi connectivity index (χ4n) is 6.66. The van der Waals surface area contributed by atoms with Gasteiger partial charge in [-0.1, -0.05) is 56.3 Å². The summed E-state index contributed by atoms with van der Waals surface area (Å²) in [5, 5.41) is 0. The standard InChI is InChI=1S/C33H24B2O4S2/c1-18(2)29-32-19(34-30-23(11-7-13-25(30)38-32)36-21-9-3-5-15-27(21)40-34)17-20-33(29)39-26-14-8-12-24-31(26)35(20)41-28-16-6-4-10-22(28)37-24/h3-18,25,30H,1-2H3. The molecule has 9 rings (SSSR count). The summed E-state index contributed by atoms with van der Waals surface area (Å²) >= 11 is 3.72. The Bertz CT molecular complexity index is 1830. The van der Waals surface area contributed by atoms with Crippen LogP contribution in [0, 0.1) is 0 Å². The summed E-state index contributed by atoms with van der Waals surface area (Å²) in [7, 11) is 0. The van der Waals surface area contributed by atoms with Crippen LogP contribution in [0.4, 0.5) is 0 Å². The van der Waals surface area contributed by atoms with Crippen LogP contribution < -0.4 is 35.3 Å². The van der Waals surface area contributed by atoms with Gasteiger partial charge < -0.3 is 18.9 Å². The molecule has 0 N–H and O–H groups in total. The van der Waals surface area contributed by atoms with E-state index in [9.17, 15) is 0 Å². The second kappa shape index (κ2) is 8.94. The number of fused-ring (bicyclic) bond motifs is 6. The predicted octanol–water partition coefficient (Wildman–Crippen LogP) is 6.89. The number of allylic oxidation sites excluding steroid dienone is 2. The van der Waals surface area contributed by atoms with Crippen LogP contribution >= 0.6 is 23.2 Å². The number of benzene rings is 4. The van der Waals surface area contributed by atoms with Crippen molar-refractivity contribution in [1.82, 2.24) is 0 Å². The third kappa shape index (κ3) is 3.53. The molecule has 4 nitrogen and oxygen atoms in total. The van der Waals surface area contributed by atoms with Crippen molar-refractivity contribution in [2.75, 3.05) is 0 Å². The first kappa shape index (κ1) is 24.0. The molecule has 198 valence electrons. The van der Waals surface area contributed by atoms with Crippen LogP contribution in [0.15, 0.2) is 107 Å². The second-order valence-corrected chi connectivity index (χ2v) is 13.6. The SMILES string of the molecule is CC(C)c1c2c(cc3c1OC1C=CC=C4Oc5ccccc5SB3C41)B1Sc3ccccc3Oc3cccc(c31)O2. The first-order valence-corrected chi connectivity index (χ1v) is 15.8. The Labute approximate surface area is 248 Å². The van der Waals surface area contributed by atoms with E-state index >= 15 is 0 Å². The molecule has 0 saturated carbocycles. The van der Waals surface area contributed by atoms with Crippen LogP contribution in [0.5, 0.6) is 34.5 Å².